The number of rotatable bonds is 1. The van der Waals surface area contributed by atoms with Gasteiger partial charge in [-0.25, -0.2) is 0 Å². The highest BCUT2D eigenvalue weighted by Crippen LogP contribution is 2.02. The van der Waals surface area contributed by atoms with Crippen LogP contribution in [0.3, 0.4) is 0 Å². The topological polar surface area (TPSA) is 9.23 Å². The Morgan fingerprint density at radius 1 is 1.50 bits per heavy atom. The van der Waals surface area contributed by atoms with Crippen molar-refractivity contribution in [2.45, 2.75) is 26.9 Å². The molecule has 0 fully saturated rings. The molecule has 0 N–H and O–H groups in total. The molecule has 8 heavy (non-hydrogen) atoms. The Labute approximate surface area is 52.0 Å². The second-order valence-electron chi connectivity index (χ2n) is 1.86. The van der Waals surface area contributed by atoms with Crippen molar-refractivity contribution in [3.8, 4) is 12.3 Å². The minimum absolute atomic E-state index is 0. The predicted molar refractivity (Wildman–Crippen MR) is 36.7 cm³/mol. The van der Waals surface area contributed by atoms with Crippen LogP contribution in [0, 0.1) is 12.3 Å². The summed E-state index contributed by atoms with van der Waals surface area (Å²) in [6, 6.07) is 0. The summed E-state index contributed by atoms with van der Waals surface area (Å²) in [5, 5.41) is 0. The minimum atomic E-state index is -0.389. The molecule has 0 aromatic rings. The van der Waals surface area contributed by atoms with Crippen molar-refractivity contribution < 1.29 is 4.74 Å². The number of terminal acetylenes is 1. The lowest BCUT2D eigenvalue weighted by molar-refractivity contribution is 0.0743. The van der Waals surface area contributed by atoms with Crippen LogP contribution in [-0.2, 0) is 4.74 Å². The summed E-state index contributed by atoms with van der Waals surface area (Å²) >= 11 is 0. The van der Waals surface area contributed by atoms with Gasteiger partial charge in [0, 0.05) is 7.11 Å². The first-order valence-corrected chi connectivity index (χ1v) is 2.15. The van der Waals surface area contributed by atoms with Crippen LogP contribution >= 0.6 is 0 Å². The van der Waals surface area contributed by atoms with Gasteiger partial charge in [0.15, 0.2) is 0 Å². The number of methoxy groups -OCH3 is 1. The first kappa shape index (κ1) is 10.5. The third-order valence-corrected chi connectivity index (χ3v) is 0.858. The Hall–Kier alpha value is -0.480. The van der Waals surface area contributed by atoms with Crippen molar-refractivity contribution in [3.05, 3.63) is 0 Å². The largest absolute Gasteiger partial charge is 0.366 e. The zero-order chi connectivity index (χ0) is 5.91. The average molecular weight is 114 g/mol. The van der Waals surface area contributed by atoms with Gasteiger partial charge in [-0.15, -0.1) is 6.42 Å². The Balaban J connectivity index is 0. The van der Waals surface area contributed by atoms with Gasteiger partial charge >= 0.3 is 0 Å². The van der Waals surface area contributed by atoms with E-state index in [1.54, 1.807) is 7.11 Å². The summed E-state index contributed by atoms with van der Waals surface area (Å²) in [7, 11) is 1.60. The van der Waals surface area contributed by atoms with Gasteiger partial charge in [0.05, 0.1) is 0 Å². The summed E-state index contributed by atoms with van der Waals surface area (Å²) in [4.78, 5) is 0. The fourth-order valence-corrected chi connectivity index (χ4v) is 0.0589. The van der Waals surface area contributed by atoms with Crippen LogP contribution < -0.4 is 0 Å². The molecular formula is C7H14O. The second kappa shape index (κ2) is 3.51. The molecule has 0 aliphatic carbocycles. The number of ether oxygens (including phenoxy) is 1. The molecule has 0 radical (unpaired) electrons. The van der Waals surface area contributed by atoms with Crippen LogP contribution in [0.15, 0.2) is 0 Å². The van der Waals surface area contributed by atoms with Crippen LogP contribution in [0.25, 0.3) is 0 Å². The Morgan fingerprint density at radius 2 is 1.88 bits per heavy atom. The van der Waals surface area contributed by atoms with E-state index in [2.05, 4.69) is 5.92 Å². The van der Waals surface area contributed by atoms with E-state index < -0.39 is 0 Å². The van der Waals surface area contributed by atoms with Crippen molar-refractivity contribution in [3.63, 3.8) is 0 Å². The highest BCUT2D eigenvalue weighted by Gasteiger charge is 2.08. The van der Waals surface area contributed by atoms with Crippen molar-refractivity contribution in [2.75, 3.05) is 7.11 Å². The summed E-state index contributed by atoms with van der Waals surface area (Å²) in [6.45, 7) is 3.68. The van der Waals surface area contributed by atoms with Crippen LogP contribution in [0.2, 0.25) is 0 Å². The van der Waals surface area contributed by atoms with E-state index in [9.17, 15) is 0 Å². The molecule has 1 heteroatoms. The predicted octanol–water partition coefficient (Wildman–Crippen LogP) is 1.68. The normalized spacial score (nSPS) is 9.25. The summed E-state index contributed by atoms with van der Waals surface area (Å²) in [6.07, 6.45) is 5.04. The van der Waals surface area contributed by atoms with E-state index in [0.29, 0.717) is 0 Å². The molecule has 0 spiro atoms. The van der Waals surface area contributed by atoms with E-state index in [0.717, 1.165) is 0 Å². The van der Waals surface area contributed by atoms with Gasteiger partial charge < -0.3 is 4.74 Å². The first-order valence-electron chi connectivity index (χ1n) is 2.15. The van der Waals surface area contributed by atoms with Crippen molar-refractivity contribution in [1.82, 2.24) is 0 Å². The highest BCUT2D eigenvalue weighted by molar-refractivity contribution is 5.02. The lowest BCUT2D eigenvalue weighted by Gasteiger charge is -2.13. The molecule has 0 amide bonds. The van der Waals surface area contributed by atoms with E-state index in [4.69, 9.17) is 11.2 Å². The SMILES string of the molecule is C.C#CC(C)(C)OC. The molecule has 0 rings (SSSR count). The standard InChI is InChI=1S/C6H10O.CH4/c1-5-6(2,3)7-4;/h1H,2-4H3;1H4. The molecule has 0 aliphatic rings. The minimum Gasteiger partial charge on any atom is -0.366 e. The molecule has 0 atom stereocenters. The quantitative estimate of drug-likeness (QED) is 0.471. The summed E-state index contributed by atoms with van der Waals surface area (Å²) < 4.78 is 4.85. The van der Waals surface area contributed by atoms with Gasteiger partial charge in [0.2, 0.25) is 0 Å². The third kappa shape index (κ3) is 3.70. The maximum atomic E-state index is 5.04. The van der Waals surface area contributed by atoms with Crippen molar-refractivity contribution in [2.24, 2.45) is 0 Å². The summed E-state index contributed by atoms with van der Waals surface area (Å²) in [5.74, 6) is 2.47. The fraction of sp³-hybridized carbons (Fsp3) is 0.714. The lowest BCUT2D eigenvalue weighted by atomic mass is 10.2. The summed E-state index contributed by atoms with van der Waals surface area (Å²) in [5.41, 5.74) is -0.389. The van der Waals surface area contributed by atoms with Gasteiger partial charge in [-0.2, -0.15) is 0 Å². The zero-order valence-electron chi connectivity index (χ0n) is 4.99. The molecule has 0 aliphatic heterocycles. The first-order chi connectivity index (χ1) is 3.12. The van der Waals surface area contributed by atoms with Gasteiger partial charge in [-0.05, 0) is 13.8 Å². The molecule has 0 heterocycles. The molecule has 0 aromatic heterocycles. The molecule has 0 bridgehead atoms. The molecule has 0 aromatic carbocycles. The average Bonchev–Trinajstić information content (AvgIpc) is 1.68. The smallest absolute Gasteiger partial charge is 0.122 e. The molecule has 0 saturated heterocycles. The van der Waals surface area contributed by atoms with Crippen molar-refractivity contribution in [1.29, 1.82) is 0 Å². The van der Waals surface area contributed by atoms with Gasteiger partial charge in [-0.1, -0.05) is 13.3 Å². The molecule has 1 nitrogen and oxygen atoms in total. The van der Waals surface area contributed by atoms with Gasteiger partial charge in [0.25, 0.3) is 0 Å². The molecule has 48 valence electrons. The molecule has 0 unspecified atom stereocenters. The second-order valence-corrected chi connectivity index (χ2v) is 1.86. The lowest BCUT2D eigenvalue weighted by Crippen LogP contribution is -2.18. The third-order valence-electron chi connectivity index (χ3n) is 0.858. The van der Waals surface area contributed by atoms with Gasteiger partial charge in [0.1, 0.15) is 5.60 Å². The highest BCUT2D eigenvalue weighted by atomic mass is 16.5. The van der Waals surface area contributed by atoms with Crippen molar-refractivity contribution >= 4 is 0 Å². The fourth-order valence-electron chi connectivity index (χ4n) is 0.0589. The van der Waals surface area contributed by atoms with E-state index >= 15 is 0 Å². The van der Waals surface area contributed by atoms with Gasteiger partial charge in [-0.3, -0.25) is 0 Å². The van der Waals surface area contributed by atoms with E-state index in [-0.39, 0.29) is 13.0 Å². The van der Waals surface area contributed by atoms with Crippen LogP contribution in [0.5, 0.6) is 0 Å². The molecular weight excluding hydrogens is 100 g/mol. The van der Waals surface area contributed by atoms with Crippen LogP contribution in [0.1, 0.15) is 21.3 Å². The maximum absolute atomic E-state index is 5.04. The number of hydrogen-bond acceptors (Lipinski definition) is 1. The number of hydrogen-bond donors (Lipinski definition) is 0. The van der Waals surface area contributed by atoms with E-state index in [1.165, 1.54) is 0 Å². The zero-order valence-corrected chi connectivity index (χ0v) is 4.99. The maximum Gasteiger partial charge on any atom is 0.122 e. The van der Waals surface area contributed by atoms with Crippen LogP contribution in [-0.4, -0.2) is 12.7 Å². The Kier molecular flexibility index (Phi) is 4.61. The Morgan fingerprint density at radius 3 is 1.88 bits per heavy atom. The monoisotopic (exact) mass is 114 g/mol. The Bertz CT molecular complexity index is 87.1. The van der Waals surface area contributed by atoms with Crippen LogP contribution in [0.4, 0.5) is 0 Å². The van der Waals surface area contributed by atoms with E-state index in [1.807, 2.05) is 13.8 Å². The molecule has 0 saturated carbocycles.